The minimum atomic E-state index is -0.169. The van der Waals surface area contributed by atoms with Crippen LogP contribution in [0.1, 0.15) is 35.3 Å². The van der Waals surface area contributed by atoms with E-state index in [9.17, 15) is 9.59 Å². The number of hydrogen-bond donors (Lipinski definition) is 2. The molecule has 0 aliphatic heterocycles. The summed E-state index contributed by atoms with van der Waals surface area (Å²) in [5.41, 5.74) is 3.44. The van der Waals surface area contributed by atoms with E-state index in [-0.39, 0.29) is 11.8 Å². The summed E-state index contributed by atoms with van der Waals surface area (Å²) in [6.45, 7) is 4.05. The zero-order valence-electron chi connectivity index (χ0n) is 14.9. The number of nitrogens with one attached hydrogen (secondary N) is 2. The van der Waals surface area contributed by atoms with E-state index >= 15 is 0 Å². The number of carbonyl (C=O) groups excluding carboxylic acids is 2. The summed E-state index contributed by atoms with van der Waals surface area (Å²) < 4.78 is 5.39. The minimum absolute atomic E-state index is 0.166. The molecule has 2 aromatic rings. The lowest BCUT2D eigenvalue weighted by atomic mass is 10.0. The molecule has 0 spiro atoms. The molecule has 0 atom stereocenters. The maximum atomic E-state index is 12.3. The Balaban J connectivity index is 1.98. The van der Waals surface area contributed by atoms with Gasteiger partial charge in [-0.15, -0.1) is 0 Å². The molecule has 0 saturated carbocycles. The lowest BCUT2D eigenvalue weighted by molar-refractivity contribution is -0.114. The normalized spacial score (nSPS) is 10.2. The van der Waals surface area contributed by atoms with E-state index in [1.807, 2.05) is 6.07 Å². The van der Waals surface area contributed by atoms with E-state index in [0.29, 0.717) is 24.2 Å². The van der Waals surface area contributed by atoms with Crippen molar-refractivity contribution in [2.45, 2.75) is 26.7 Å². The highest BCUT2D eigenvalue weighted by molar-refractivity contribution is 5.96. The van der Waals surface area contributed by atoms with Gasteiger partial charge in [-0.1, -0.05) is 25.1 Å². The van der Waals surface area contributed by atoms with Crippen LogP contribution in [0.5, 0.6) is 5.75 Å². The number of amides is 2. The Morgan fingerprint density at radius 2 is 1.92 bits per heavy atom. The number of hydrogen-bond acceptors (Lipinski definition) is 3. The number of aryl methyl sites for hydroxylation is 1. The summed E-state index contributed by atoms with van der Waals surface area (Å²) in [5, 5.41) is 5.58. The standard InChI is InChI=1S/C20H24N2O3/c1-4-15-8-9-19(25-3)16(12-15)10-11-21-20(24)17-6-5-7-18(13-17)22-14(2)23/h5-9,12-13H,4,10-11H2,1-3H3,(H,21,24)(H,22,23). The van der Waals surface area contributed by atoms with Crippen molar-refractivity contribution in [1.82, 2.24) is 5.32 Å². The molecule has 2 rings (SSSR count). The van der Waals surface area contributed by atoms with Crippen LogP contribution in [0.15, 0.2) is 42.5 Å². The van der Waals surface area contributed by atoms with Crippen molar-refractivity contribution < 1.29 is 14.3 Å². The molecule has 2 amide bonds. The van der Waals surface area contributed by atoms with Crippen molar-refractivity contribution in [2.75, 3.05) is 19.0 Å². The van der Waals surface area contributed by atoms with Crippen LogP contribution in [0.25, 0.3) is 0 Å². The van der Waals surface area contributed by atoms with E-state index in [1.54, 1.807) is 31.4 Å². The van der Waals surface area contributed by atoms with E-state index in [2.05, 4.69) is 29.7 Å². The Morgan fingerprint density at radius 3 is 2.60 bits per heavy atom. The first-order valence-electron chi connectivity index (χ1n) is 8.35. The van der Waals surface area contributed by atoms with Crippen molar-refractivity contribution in [3.8, 4) is 5.75 Å². The Kier molecular flexibility index (Phi) is 6.57. The van der Waals surface area contributed by atoms with Crippen LogP contribution < -0.4 is 15.4 Å². The fourth-order valence-corrected chi connectivity index (χ4v) is 2.60. The molecular formula is C20H24N2O3. The molecule has 0 aromatic heterocycles. The van der Waals surface area contributed by atoms with Gasteiger partial charge in [-0.2, -0.15) is 0 Å². The van der Waals surface area contributed by atoms with E-state index in [4.69, 9.17) is 4.74 Å². The van der Waals surface area contributed by atoms with E-state index < -0.39 is 0 Å². The van der Waals surface area contributed by atoms with Crippen LogP contribution >= 0.6 is 0 Å². The van der Waals surface area contributed by atoms with Crippen LogP contribution in [-0.2, 0) is 17.6 Å². The minimum Gasteiger partial charge on any atom is -0.496 e. The van der Waals surface area contributed by atoms with Crippen LogP contribution in [0, 0.1) is 0 Å². The second-order valence-electron chi connectivity index (χ2n) is 5.77. The van der Waals surface area contributed by atoms with Gasteiger partial charge in [0.05, 0.1) is 7.11 Å². The molecule has 25 heavy (non-hydrogen) atoms. The first-order chi connectivity index (χ1) is 12.0. The van der Waals surface area contributed by atoms with Crippen LogP contribution in [0.2, 0.25) is 0 Å². The highest BCUT2D eigenvalue weighted by Crippen LogP contribution is 2.20. The maximum Gasteiger partial charge on any atom is 0.251 e. The van der Waals surface area contributed by atoms with Gasteiger partial charge in [0.1, 0.15) is 5.75 Å². The molecule has 2 aromatic carbocycles. The molecular weight excluding hydrogens is 316 g/mol. The number of methoxy groups -OCH3 is 1. The van der Waals surface area contributed by atoms with Gasteiger partial charge in [-0.05, 0) is 48.2 Å². The topological polar surface area (TPSA) is 67.4 Å². The summed E-state index contributed by atoms with van der Waals surface area (Å²) >= 11 is 0. The molecule has 2 N–H and O–H groups in total. The third-order valence-electron chi connectivity index (χ3n) is 3.88. The zero-order valence-corrected chi connectivity index (χ0v) is 14.9. The van der Waals surface area contributed by atoms with Gasteiger partial charge in [-0.25, -0.2) is 0 Å². The molecule has 0 bridgehead atoms. The van der Waals surface area contributed by atoms with Gasteiger partial charge in [0.25, 0.3) is 5.91 Å². The summed E-state index contributed by atoms with van der Waals surface area (Å²) in [7, 11) is 1.65. The summed E-state index contributed by atoms with van der Waals surface area (Å²) in [5.74, 6) is 0.498. The average Bonchev–Trinajstić information content (AvgIpc) is 2.61. The second-order valence-corrected chi connectivity index (χ2v) is 5.77. The SMILES string of the molecule is CCc1ccc(OC)c(CCNC(=O)c2cccc(NC(C)=O)c2)c1. The van der Waals surface area contributed by atoms with E-state index in [0.717, 1.165) is 17.7 Å². The Bertz CT molecular complexity index is 756. The number of ether oxygens (including phenoxy) is 1. The summed E-state index contributed by atoms with van der Waals surface area (Å²) in [6, 6.07) is 13.0. The monoisotopic (exact) mass is 340 g/mol. The van der Waals surface area contributed by atoms with Crippen molar-refractivity contribution in [3.63, 3.8) is 0 Å². The third-order valence-corrected chi connectivity index (χ3v) is 3.88. The van der Waals surface area contributed by atoms with Gasteiger partial charge < -0.3 is 15.4 Å². The van der Waals surface area contributed by atoms with Crippen molar-refractivity contribution in [1.29, 1.82) is 0 Å². The summed E-state index contributed by atoms with van der Waals surface area (Å²) in [6.07, 6.45) is 1.65. The highest BCUT2D eigenvalue weighted by Gasteiger charge is 2.08. The fourth-order valence-electron chi connectivity index (χ4n) is 2.60. The van der Waals surface area contributed by atoms with Crippen molar-refractivity contribution in [3.05, 3.63) is 59.2 Å². The molecule has 0 heterocycles. The van der Waals surface area contributed by atoms with Gasteiger partial charge in [0, 0.05) is 24.7 Å². The smallest absolute Gasteiger partial charge is 0.251 e. The lowest BCUT2D eigenvalue weighted by Crippen LogP contribution is -2.26. The number of rotatable bonds is 7. The Morgan fingerprint density at radius 1 is 1.12 bits per heavy atom. The van der Waals surface area contributed by atoms with E-state index in [1.165, 1.54) is 12.5 Å². The van der Waals surface area contributed by atoms with Gasteiger partial charge in [0.15, 0.2) is 0 Å². The third kappa shape index (κ3) is 5.35. The first-order valence-corrected chi connectivity index (χ1v) is 8.35. The highest BCUT2D eigenvalue weighted by atomic mass is 16.5. The number of benzene rings is 2. The molecule has 0 saturated heterocycles. The number of carbonyl (C=O) groups is 2. The largest absolute Gasteiger partial charge is 0.496 e. The maximum absolute atomic E-state index is 12.3. The Labute approximate surface area is 148 Å². The lowest BCUT2D eigenvalue weighted by Gasteiger charge is -2.11. The molecule has 0 aliphatic carbocycles. The summed E-state index contributed by atoms with van der Waals surface area (Å²) in [4.78, 5) is 23.4. The quantitative estimate of drug-likeness (QED) is 0.813. The van der Waals surface area contributed by atoms with Gasteiger partial charge in [-0.3, -0.25) is 9.59 Å². The number of anilines is 1. The molecule has 0 fully saturated rings. The van der Waals surface area contributed by atoms with Crippen molar-refractivity contribution >= 4 is 17.5 Å². The molecule has 5 heteroatoms. The van der Waals surface area contributed by atoms with Crippen LogP contribution in [0.4, 0.5) is 5.69 Å². The fraction of sp³-hybridized carbons (Fsp3) is 0.300. The average molecular weight is 340 g/mol. The van der Waals surface area contributed by atoms with Gasteiger partial charge in [0.2, 0.25) is 5.91 Å². The molecule has 0 aliphatic rings. The first kappa shape index (κ1) is 18.5. The molecule has 132 valence electrons. The predicted octanol–water partition coefficient (Wildman–Crippen LogP) is 3.19. The zero-order chi connectivity index (χ0) is 18.2. The van der Waals surface area contributed by atoms with Gasteiger partial charge >= 0.3 is 0 Å². The van der Waals surface area contributed by atoms with Crippen LogP contribution in [0.3, 0.4) is 0 Å². The Hall–Kier alpha value is -2.82. The van der Waals surface area contributed by atoms with Crippen LogP contribution in [-0.4, -0.2) is 25.5 Å². The molecule has 0 radical (unpaired) electrons. The predicted molar refractivity (Wildman–Crippen MR) is 99.2 cm³/mol. The molecule has 0 unspecified atom stereocenters. The second kappa shape index (κ2) is 8.87. The molecule has 5 nitrogen and oxygen atoms in total. The van der Waals surface area contributed by atoms with Crippen molar-refractivity contribution in [2.24, 2.45) is 0 Å².